The lowest BCUT2D eigenvalue weighted by molar-refractivity contribution is 0.0344. The molecule has 5 heteroatoms. The van der Waals surface area contributed by atoms with E-state index in [9.17, 15) is 0 Å². The van der Waals surface area contributed by atoms with Crippen LogP contribution in [0.25, 0.3) is 0 Å². The van der Waals surface area contributed by atoms with Gasteiger partial charge in [0.05, 0.1) is 24.6 Å². The number of morpholine rings is 1. The summed E-state index contributed by atoms with van der Waals surface area (Å²) in [5.74, 6) is 0.631. The maximum atomic E-state index is 5.78. The van der Waals surface area contributed by atoms with Crippen molar-refractivity contribution < 1.29 is 4.74 Å². The molecule has 78 valence electrons. The molecular weight excluding hydrogens is 180 g/mol. The lowest BCUT2D eigenvalue weighted by atomic mass is 10.2. The second-order valence-corrected chi connectivity index (χ2v) is 3.81. The third-order valence-corrected chi connectivity index (χ3v) is 2.57. The predicted octanol–water partition coefficient (Wildman–Crippen LogP) is 0.606. The second kappa shape index (κ2) is 3.49. The minimum Gasteiger partial charge on any atom is -0.382 e. The van der Waals surface area contributed by atoms with Crippen molar-refractivity contribution in [2.24, 2.45) is 0 Å². The molecule has 5 nitrogen and oxygen atoms in total. The lowest BCUT2D eigenvalue weighted by Crippen LogP contribution is -2.47. The van der Waals surface area contributed by atoms with Crippen LogP contribution >= 0.6 is 0 Å². The summed E-state index contributed by atoms with van der Waals surface area (Å²) >= 11 is 0. The fourth-order valence-corrected chi connectivity index (χ4v) is 1.76. The zero-order valence-corrected chi connectivity index (χ0v) is 8.53. The van der Waals surface area contributed by atoms with Crippen molar-refractivity contribution in [3.8, 4) is 0 Å². The van der Waals surface area contributed by atoms with Gasteiger partial charge in [0.25, 0.3) is 0 Å². The van der Waals surface area contributed by atoms with Crippen LogP contribution in [-0.2, 0) is 4.74 Å². The van der Waals surface area contributed by atoms with E-state index in [4.69, 9.17) is 10.5 Å². The van der Waals surface area contributed by atoms with Crippen LogP contribution in [0.4, 0.5) is 11.5 Å². The molecule has 2 unspecified atom stereocenters. The number of hydrogen-bond donors (Lipinski definition) is 2. The highest BCUT2D eigenvalue weighted by molar-refractivity contribution is 5.62. The molecule has 1 aliphatic rings. The molecule has 1 aliphatic heterocycles. The van der Waals surface area contributed by atoms with Crippen molar-refractivity contribution in [3.05, 3.63) is 6.20 Å². The molecule has 0 spiro atoms. The van der Waals surface area contributed by atoms with Gasteiger partial charge in [-0.3, -0.25) is 5.10 Å². The summed E-state index contributed by atoms with van der Waals surface area (Å²) in [6, 6.07) is 0.353. The molecule has 1 saturated heterocycles. The van der Waals surface area contributed by atoms with Gasteiger partial charge in [0, 0.05) is 12.6 Å². The van der Waals surface area contributed by atoms with E-state index in [0.717, 1.165) is 18.8 Å². The van der Waals surface area contributed by atoms with Crippen molar-refractivity contribution in [2.75, 3.05) is 23.8 Å². The van der Waals surface area contributed by atoms with Crippen LogP contribution < -0.4 is 10.6 Å². The summed E-state index contributed by atoms with van der Waals surface area (Å²) in [6.45, 7) is 5.80. The van der Waals surface area contributed by atoms with Gasteiger partial charge in [0.2, 0.25) is 0 Å². The Balaban J connectivity index is 2.20. The average Bonchev–Trinajstić information content (AvgIpc) is 2.56. The first kappa shape index (κ1) is 9.33. The van der Waals surface area contributed by atoms with Gasteiger partial charge < -0.3 is 15.4 Å². The van der Waals surface area contributed by atoms with Crippen LogP contribution in [0.1, 0.15) is 13.8 Å². The topological polar surface area (TPSA) is 67.2 Å². The number of nitrogens with zero attached hydrogens (tertiary/aromatic N) is 2. The van der Waals surface area contributed by atoms with Crippen LogP contribution in [0.2, 0.25) is 0 Å². The summed E-state index contributed by atoms with van der Waals surface area (Å²) in [4.78, 5) is 2.23. The number of nitrogens with one attached hydrogen (secondary N) is 1. The third kappa shape index (κ3) is 1.55. The van der Waals surface area contributed by atoms with Crippen LogP contribution in [0, 0.1) is 0 Å². The molecule has 0 radical (unpaired) electrons. The number of aromatic nitrogens is 2. The highest BCUT2D eigenvalue weighted by atomic mass is 16.5. The van der Waals surface area contributed by atoms with Crippen molar-refractivity contribution >= 4 is 11.5 Å². The lowest BCUT2D eigenvalue weighted by Gasteiger charge is -2.37. The van der Waals surface area contributed by atoms with E-state index in [2.05, 4.69) is 28.9 Å². The first-order chi connectivity index (χ1) is 6.68. The smallest absolute Gasteiger partial charge is 0.142 e. The molecule has 1 fully saturated rings. The summed E-state index contributed by atoms with van der Waals surface area (Å²) < 4.78 is 5.55. The molecule has 0 aliphatic carbocycles. The number of ether oxygens (including phenoxy) is 1. The van der Waals surface area contributed by atoms with Crippen LogP contribution in [0.15, 0.2) is 6.20 Å². The molecule has 0 saturated carbocycles. The van der Waals surface area contributed by atoms with Crippen LogP contribution in [0.5, 0.6) is 0 Å². The minimum atomic E-state index is 0.250. The monoisotopic (exact) mass is 196 g/mol. The maximum Gasteiger partial charge on any atom is 0.142 e. The number of nitrogen functional groups attached to an aromatic ring is 1. The van der Waals surface area contributed by atoms with E-state index < -0.39 is 0 Å². The maximum absolute atomic E-state index is 5.78. The van der Waals surface area contributed by atoms with E-state index in [1.807, 2.05) is 0 Å². The Bertz CT molecular complexity index is 312. The van der Waals surface area contributed by atoms with Gasteiger partial charge in [0.1, 0.15) is 5.82 Å². The molecule has 14 heavy (non-hydrogen) atoms. The van der Waals surface area contributed by atoms with E-state index >= 15 is 0 Å². The van der Waals surface area contributed by atoms with E-state index in [0.29, 0.717) is 11.9 Å². The number of nitrogens with two attached hydrogens (primary N) is 1. The summed E-state index contributed by atoms with van der Waals surface area (Å²) in [6.07, 6.45) is 2.02. The predicted molar refractivity (Wildman–Crippen MR) is 55.2 cm³/mol. The van der Waals surface area contributed by atoms with Gasteiger partial charge in [-0.1, -0.05) is 0 Å². The molecule has 0 aromatic carbocycles. The number of rotatable bonds is 1. The Labute approximate surface area is 83.2 Å². The Morgan fingerprint density at radius 3 is 3.07 bits per heavy atom. The Morgan fingerprint density at radius 2 is 2.43 bits per heavy atom. The quantitative estimate of drug-likeness (QED) is 0.690. The van der Waals surface area contributed by atoms with Crippen molar-refractivity contribution in [2.45, 2.75) is 26.0 Å². The fourth-order valence-electron chi connectivity index (χ4n) is 1.76. The van der Waals surface area contributed by atoms with Gasteiger partial charge >= 0.3 is 0 Å². The normalized spacial score (nSPS) is 28.0. The minimum absolute atomic E-state index is 0.250. The molecule has 1 aromatic rings. The van der Waals surface area contributed by atoms with Gasteiger partial charge in [-0.15, -0.1) is 0 Å². The summed E-state index contributed by atoms with van der Waals surface area (Å²) in [5.41, 5.74) is 6.76. The standard InChI is InChI=1S/C9H16N4O/c1-6-5-14-7(2)4-13(6)8-3-11-12-9(8)10/h3,6-7H,4-5H2,1-2H3,(H3,10,11,12). The zero-order chi connectivity index (χ0) is 10.1. The van der Waals surface area contributed by atoms with E-state index in [1.165, 1.54) is 0 Å². The van der Waals surface area contributed by atoms with Crippen LogP contribution in [-0.4, -0.2) is 35.5 Å². The Kier molecular flexibility index (Phi) is 2.33. The third-order valence-electron chi connectivity index (χ3n) is 2.57. The van der Waals surface area contributed by atoms with Crippen LogP contribution in [0.3, 0.4) is 0 Å². The second-order valence-electron chi connectivity index (χ2n) is 3.81. The van der Waals surface area contributed by atoms with Crippen molar-refractivity contribution in [3.63, 3.8) is 0 Å². The zero-order valence-electron chi connectivity index (χ0n) is 8.53. The van der Waals surface area contributed by atoms with Gasteiger partial charge in [-0.05, 0) is 13.8 Å². The molecule has 3 N–H and O–H groups in total. The fraction of sp³-hybridized carbons (Fsp3) is 0.667. The SMILES string of the molecule is CC1CN(c2cn[nH]c2N)C(C)CO1. The molecule has 0 bridgehead atoms. The van der Waals surface area contributed by atoms with Gasteiger partial charge in [-0.2, -0.15) is 5.10 Å². The van der Waals surface area contributed by atoms with Crippen molar-refractivity contribution in [1.82, 2.24) is 10.2 Å². The molecule has 2 rings (SSSR count). The number of hydrogen-bond acceptors (Lipinski definition) is 4. The highest BCUT2D eigenvalue weighted by Gasteiger charge is 2.25. The Hall–Kier alpha value is -1.23. The molecular formula is C9H16N4O. The largest absolute Gasteiger partial charge is 0.382 e. The average molecular weight is 196 g/mol. The van der Waals surface area contributed by atoms with E-state index in [1.54, 1.807) is 6.20 Å². The first-order valence-corrected chi connectivity index (χ1v) is 4.85. The number of anilines is 2. The first-order valence-electron chi connectivity index (χ1n) is 4.85. The number of aromatic amines is 1. The van der Waals surface area contributed by atoms with Crippen molar-refractivity contribution in [1.29, 1.82) is 0 Å². The number of H-pyrrole nitrogens is 1. The molecule has 1 aromatic heterocycles. The molecule has 2 atom stereocenters. The molecule has 0 amide bonds. The summed E-state index contributed by atoms with van der Waals surface area (Å²) in [5, 5.41) is 6.67. The summed E-state index contributed by atoms with van der Waals surface area (Å²) in [7, 11) is 0. The van der Waals surface area contributed by atoms with Gasteiger partial charge in [0.15, 0.2) is 0 Å². The highest BCUT2D eigenvalue weighted by Crippen LogP contribution is 2.25. The van der Waals surface area contributed by atoms with E-state index in [-0.39, 0.29) is 6.10 Å². The Morgan fingerprint density at radius 1 is 1.64 bits per heavy atom. The van der Waals surface area contributed by atoms with Gasteiger partial charge in [-0.25, -0.2) is 0 Å². The molecule has 2 heterocycles.